The molecule has 0 spiro atoms. The monoisotopic (exact) mass is 278 g/mol. The van der Waals surface area contributed by atoms with E-state index in [-0.39, 0.29) is 17.5 Å². The Morgan fingerprint density at radius 1 is 1.32 bits per heavy atom. The highest BCUT2D eigenvalue weighted by atomic mass is 35.5. The van der Waals surface area contributed by atoms with Gasteiger partial charge in [0.05, 0.1) is 11.0 Å². The topological polar surface area (TPSA) is 87.5 Å². The molecule has 7 heteroatoms. The zero-order valence-corrected chi connectivity index (χ0v) is 11.1. The van der Waals surface area contributed by atoms with E-state index >= 15 is 0 Å². The molecule has 2 aromatic rings. The number of ketones is 2. The van der Waals surface area contributed by atoms with Crippen LogP contribution in [0.1, 0.15) is 13.8 Å². The number of hydrogen-bond acceptors (Lipinski definition) is 5. The molecule has 0 saturated heterocycles. The summed E-state index contributed by atoms with van der Waals surface area (Å²) in [6.45, 7) is 2.59. The number of H-pyrrole nitrogens is 1. The molecule has 1 N–H and O–H groups in total. The molecule has 1 heterocycles. The van der Waals surface area contributed by atoms with Gasteiger partial charge in [0.15, 0.2) is 17.6 Å². The number of halogens is 1. The third-order valence-electron chi connectivity index (χ3n) is 2.47. The van der Waals surface area contributed by atoms with E-state index in [9.17, 15) is 9.59 Å². The largest absolute Gasteiger partial charge is 0.321 e. The molecule has 0 amide bonds. The summed E-state index contributed by atoms with van der Waals surface area (Å²) in [6.07, 6.45) is 0. The van der Waals surface area contributed by atoms with Crippen LogP contribution >= 0.6 is 11.6 Å². The minimum atomic E-state index is -1.07. The number of Topliss-reactive ketones (excluding diaryl/α,β-unsaturated/α-hetero) is 2. The molecule has 0 saturated carbocycles. The molecule has 6 nitrogen and oxygen atoms in total. The summed E-state index contributed by atoms with van der Waals surface area (Å²) in [5.74, 6) is -0.476. The molecule has 19 heavy (non-hydrogen) atoms. The first-order valence-corrected chi connectivity index (χ1v) is 5.92. The number of aromatic nitrogens is 2. The van der Waals surface area contributed by atoms with Crippen LogP contribution in [0.25, 0.3) is 11.0 Å². The second-order valence-electron chi connectivity index (χ2n) is 4.06. The minimum Gasteiger partial charge on any atom is -0.321 e. The number of nitrogens with one attached hydrogen (secondary N) is 1. The van der Waals surface area contributed by atoms with Gasteiger partial charge in [0.25, 0.3) is 0 Å². The Balaban J connectivity index is 2.30. The molecule has 98 valence electrons. The molecule has 2 rings (SSSR count). The molecule has 0 radical (unpaired) electrons. The van der Waals surface area contributed by atoms with Crippen molar-refractivity contribution in [3.63, 3.8) is 0 Å². The van der Waals surface area contributed by atoms with Crippen LogP contribution in [0, 0.1) is 0 Å². The predicted octanol–water partition coefficient (Wildman–Crippen LogP) is 2.85. The highest BCUT2D eigenvalue weighted by Crippen LogP contribution is 2.20. The van der Waals surface area contributed by atoms with E-state index < -0.39 is 6.04 Å². The molecule has 0 atom stereocenters. The summed E-state index contributed by atoms with van der Waals surface area (Å²) in [6, 6.07) is 4.08. The quantitative estimate of drug-likeness (QED) is 0.689. The number of hydrogen-bond donors (Lipinski definition) is 1. The van der Waals surface area contributed by atoms with Gasteiger partial charge in [-0.2, -0.15) is 5.11 Å². The number of carbonyl (C=O) groups is 2. The Hall–Kier alpha value is -2.08. The van der Waals surface area contributed by atoms with Crippen LogP contribution < -0.4 is 0 Å². The lowest BCUT2D eigenvalue weighted by Gasteiger charge is -2.00. The first-order valence-electron chi connectivity index (χ1n) is 5.54. The van der Waals surface area contributed by atoms with E-state index in [0.29, 0.717) is 16.1 Å². The van der Waals surface area contributed by atoms with E-state index in [1.54, 1.807) is 18.2 Å². The lowest BCUT2D eigenvalue weighted by Crippen LogP contribution is -2.23. The van der Waals surface area contributed by atoms with Crippen LogP contribution in [-0.4, -0.2) is 27.6 Å². The van der Waals surface area contributed by atoms with Crippen LogP contribution in [0.3, 0.4) is 0 Å². The van der Waals surface area contributed by atoms with Crippen molar-refractivity contribution in [2.24, 2.45) is 10.2 Å². The maximum atomic E-state index is 11.2. The van der Waals surface area contributed by atoms with Crippen LogP contribution in [0.5, 0.6) is 0 Å². The number of aromatic amines is 1. The van der Waals surface area contributed by atoms with E-state index in [2.05, 4.69) is 20.2 Å². The SMILES string of the molecule is CC(=O)C(N=Nc1nc2ccc(Cl)cc2[nH]1)C(C)=O. The summed E-state index contributed by atoms with van der Waals surface area (Å²) in [5.41, 5.74) is 1.39. The van der Waals surface area contributed by atoms with Gasteiger partial charge in [-0.05, 0) is 32.0 Å². The maximum Gasteiger partial charge on any atom is 0.247 e. The Bertz CT molecular complexity index is 663. The number of rotatable bonds is 4. The average Bonchev–Trinajstić information content (AvgIpc) is 2.70. The van der Waals surface area contributed by atoms with Crippen LogP contribution in [0.4, 0.5) is 5.95 Å². The number of nitrogens with zero attached hydrogens (tertiary/aromatic N) is 3. The fourth-order valence-corrected chi connectivity index (χ4v) is 1.75. The van der Waals surface area contributed by atoms with E-state index in [1.165, 1.54) is 13.8 Å². The maximum absolute atomic E-state index is 11.2. The van der Waals surface area contributed by atoms with Crippen molar-refractivity contribution in [3.8, 4) is 0 Å². The lowest BCUT2D eigenvalue weighted by molar-refractivity contribution is -0.126. The summed E-state index contributed by atoms with van der Waals surface area (Å²) in [7, 11) is 0. The van der Waals surface area contributed by atoms with Crippen LogP contribution in [0.15, 0.2) is 28.4 Å². The Kier molecular flexibility index (Phi) is 3.71. The minimum absolute atomic E-state index is 0.227. The van der Waals surface area contributed by atoms with Gasteiger partial charge >= 0.3 is 0 Å². The van der Waals surface area contributed by atoms with Gasteiger partial charge in [0.2, 0.25) is 5.95 Å². The van der Waals surface area contributed by atoms with Gasteiger partial charge < -0.3 is 4.98 Å². The first kappa shape index (κ1) is 13.4. The van der Waals surface area contributed by atoms with Gasteiger partial charge in [-0.1, -0.05) is 11.6 Å². The fourth-order valence-electron chi connectivity index (χ4n) is 1.58. The third-order valence-corrected chi connectivity index (χ3v) is 2.70. The standard InChI is InChI=1S/C12H11ClN4O2/c1-6(18)11(7(2)19)16-17-12-14-9-4-3-8(13)5-10(9)15-12/h3-5,11H,1-2H3,(H,14,15). The highest BCUT2D eigenvalue weighted by Gasteiger charge is 2.18. The molecule has 1 aromatic carbocycles. The average molecular weight is 279 g/mol. The first-order chi connectivity index (χ1) is 8.97. The number of imidazole rings is 1. The number of benzene rings is 1. The van der Waals surface area contributed by atoms with Crippen LogP contribution in [-0.2, 0) is 9.59 Å². The van der Waals surface area contributed by atoms with Gasteiger partial charge in [0.1, 0.15) is 0 Å². The summed E-state index contributed by atoms with van der Waals surface area (Å²) in [5, 5.41) is 8.07. The number of carbonyl (C=O) groups excluding carboxylic acids is 2. The molecule has 0 aliphatic rings. The normalized spacial score (nSPS) is 11.6. The summed E-state index contributed by atoms with van der Waals surface area (Å²) < 4.78 is 0. The van der Waals surface area contributed by atoms with Gasteiger partial charge in [-0.25, -0.2) is 4.98 Å². The van der Waals surface area contributed by atoms with Crippen molar-refractivity contribution in [1.29, 1.82) is 0 Å². The van der Waals surface area contributed by atoms with Crippen molar-refractivity contribution >= 4 is 40.1 Å². The second kappa shape index (κ2) is 5.27. The second-order valence-corrected chi connectivity index (χ2v) is 4.50. The summed E-state index contributed by atoms with van der Waals surface area (Å²) >= 11 is 5.85. The predicted molar refractivity (Wildman–Crippen MR) is 70.8 cm³/mol. The smallest absolute Gasteiger partial charge is 0.247 e. The van der Waals surface area contributed by atoms with Crippen molar-refractivity contribution in [2.75, 3.05) is 0 Å². The lowest BCUT2D eigenvalue weighted by atomic mass is 10.1. The van der Waals surface area contributed by atoms with Gasteiger partial charge in [0, 0.05) is 5.02 Å². The van der Waals surface area contributed by atoms with Crippen molar-refractivity contribution in [1.82, 2.24) is 9.97 Å². The number of azo groups is 1. The molecule has 1 aromatic heterocycles. The summed E-state index contributed by atoms with van der Waals surface area (Å²) in [4.78, 5) is 29.4. The van der Waals surface area contributed by atoms with E-state index in [1.807, 2.05) is 0 Å². The van der Waals surface area contributed by atoms with Crippen molar-refractivity contribution < 1.29 is 9.59 Å². The van der Waals surface area contributed by atoms with E-state index in [0.717, 1.165) is 0 Å². The van der Waals surface area contributed by atoms with Crippen LogP contribution in [0.2, 0.25) is 5.02 Å². The van der Waals surface area contributed by atoms with Crippen molar-refractivity contribution in [2.45, 2.75) is 19.9 Å². The molecule has 0 unspecified atom stereocenters. The van der Waals surface area contributed by atoms with Crippen molar-refractivity contribution in [3.05, 3.63) is 23.2 Å². The molecular formula is C12H11ClN4O2. The Morgan fingerprint density at radius 3 is 2.63 bits per heavy atom. The zero-order chi connectivity index (χ0) is 14.0. The van der Waals surface area contributed by atoms with Gasteiger partial charge in [-0.3, -0.25) is 9.59 Å². The van der Waals surface area contributed by atoms with E-state index in [4.69, 9.17) is 11.6 Å². The molecule has 0 aliphatic carbocycles. The Labute approximate surface area is 113 Å². The zero-order valence-electron chi connectivity index (χ0n) is 10.3. The fraction of sp³-hybridized carbons (Fsp3) is 0.250. The molecule has 0 fully saturated rings. The molecule has 0 aliphatic heterocycles. The van der Waals surface area contributed by atoms with Gasteiger partial charge in [-0.15, -0.1) is 5.11 Å². The molecule has 0 bridgehead atoms. The number of fused-ring (bicyclic) bond motifs is 1. The molecular weight excluding hydrogens is 268 g/mol. The highest BCUT2D eigenvalue weighted by molar-refractivity contribution is 6.31. The Morgan fingerprint density at radius 2 is 2.00 bits per heavy atom. The third kappa shape index (κ3) is 3.03.